The number of rotatable bonds is 8. The van der Waals surface area contributed by atoms with Gasteiger partial charge in [-0.05, 0) is 44.2 Å². The number of ether oxygens (including phenoxy) is 2. The summed E-state index contributed by atoms with van der Waals surface area (Å²) in [6.07, 6.45) is -0.707. The number of carbonyl (C=O) groups excluding carboxylic acids is 2. The average Bonchev–Trinajstić information content (AvgIpc) is 2.63. The van der Waals surface area contributed by atoms with Crippen LogP contribution in [-0.2, 0) is 14.3 Å². The minimum Gasteiger partial charge on any atom is -0.495 e. The first kappa shape index (κ1) is 21.1. The van der Waals surface area contributed by atoms with E-state index in [1.54, 1.807) is 30.0 Å². The highest BCUT2D eigenvalue weighted by molar-refractivity contribution is 7.99. The van der Waals surface area contributed by atoms with Crippen molar-refractivity contribution in [1.29, 1.82) is 0 Å². The zero-order valence-electron chi connectivity index (χ0n) is 15.5. The Kier molecular flexibility index (Phi) is 8.00. The fourth-order valence-electron chi connectivity index (χ4n) is 2.21. The fraction of sp³-hybridized carbons (Fsp3) is 0.300. The Morgan fingerprint density at radius 1 is 1.19 bits per heavy atom. The summed E-state index contributed by atoms with van der Waals surface area (Å²) < 4.78 is 10.4. The standard InChI is InChI=1S/C20H22ClNO4S/c1-13-4-7-16(8-5-13)27-11-10-19(23)26-14(2)20(24)22-17-12-15(21)6-9-18(17)25-3/h4-9,12,14H,10-11H2,1-3H3,(H,22,24). The third-order valence-electron chi connectivity index (χ3n) is 3.69. The molecule has 0 heterocycles. The molecule has 0 aliphatic carbocycles. The van der Waals surface area contributed by atoms with Crippen LogP contribution in [-0.4, -0.2) is 30.8 Å². The second kappa shape index (κ2) is 10.2. The van der Waals surface area contributed by atoms with Crippen molar-refractivity contribution in [3.8, 4) is 5.75 Å². The second-order valence-corrected chi connectivity index (χ2v) is 7.48. The summed E-state index contributed by atoms with van der Waals surface area (Å²) >= 11 is 7.51. The van der Waals surface area contributed by atoms with Gasteiger partial charge in [0.1, 0.15) is 5.75 Å². The van der Waals surface area contributed by atoms with Crippen molar-refractivity contribution in [2.75, 3.05) is 18.2 Å². The quantitative estimate of drug-likeness (QED) is 0.507. The molecule has 1 unspecified atom stereocenters. The molecule has 0 aliphatic rings. The van der Waals surface area contributed by atoms with E-state index >= 15 is 0 Å². The van der Waals surface area contributed by atoms with Crippen LogP contribution in [0.2, 0.25) is 5.02 Å². The Balaban J connectivity index is 1.80. The molecule has 27 heavy (non-hydrogen) atoms. The summed E-state index contributed by atoms with van der Waals surface area (Å²) in [5.74, 6) is 0.185. The number of hydrogen-bond acceptors (Lipinski definition) is 5. The van der Waals surface area contributed by atoms with Gasteiger partial charge in [0.15, 0.2) is 6.10 Å². The lowest BCUT2D eigenvalue weighted by molar-refractivity contribution is -0.152. The Labute approximate surface area is 168 Å². The number of nitrogens with one attached hydrogen (secondary N) is 1. The van der Waals surface area contributed by atoms with Crippen LogP contribution >= 0.6 is 23.4 Å². The average molecular weight is 408 g/mol. The maximum absolute atomic E-state index is 12.3. The van der Waals surface area contributed by atoms with Gasteiger partial charge in [0.2, 0.25) is 0 Å². The minimum atomic E-state index is -0.925. The molecule has 1 N–H and O–H groups in total. The highest BCUT2D eigenvalue weighted by Crippen LogP contribution is 2.28. The number of aryl methyl sites for hydroxylation is 1. The number of anilines is 1. The summed E-state index contributed by atoms with van der Waals surface area (Å²) in [6.45, 7) is 3.55. The topological polar surface area (TPSA) is 64.6 Å². The van der Waals surface area contributed by atoms with Gasteiger partial charge >= 0.3 is 5.97 Å². The van der Waals surface area contributed by atoms with Crippen molar-refractivity contribution in [2.24, 2.45) is 0 Å². The maximum Gasteiger partial charge on any atom is 0.307 e. The SMILES string of the molecule is COc1ccc(Cl)cc1NC(=O)C(C)OC(=O)CCSc1ccc(C)cc1. The first-order valence-electron chi connectivity index (χ1n) is 8.42. The molecule has 0 aliphatic heterocycles. The number of carbonyl (C=O) groups is 2. The van der Waals surface area contributed by atoms with E-state index in [-0.39, 0.29) is 6.42 Å². The Morgan fingerprint density at radius 3 is 2.56 bits per heavy atom. The molecule has 5 nitrogen and oxygen atoms in total. The molecule has 0 saturated carbocycles. The van der Waals surface area contributed by atoms with Crippen molar-refractivity contribution in [3.63, 3.8) is 0 Å². The van der Waals surface area contributed by atoms with Crippen molar-refractivity contribution in [2.45, 2.75) is 31.3 Å². The molecular weight excluding hydrogens is 386 g/mol. The van der Waals surface area contributed by atoms with E-state index in [0.29, 0.717) is 22.2 Å². The third-order valence-corrected chi connectivity index (χ3v) is 4.94. The second-order valence-electron chi connectivity index (χ2n) is 5.88. The molecule has 2 aromatic rings. The molecule has 0 spiro atoms. The Bertz CT molecular complexity index is 795. The summed E-state index contributed by atoms with van der Waals surface area (Å²) in [7, 11) is 1.49. The summed E-state index contributed by atoms with van der Waals surface area (Å²) in [4.78, 5) is 25.3. The normalized spacial score (nSPS) is 11.6. The number of hydrogen-bond donors (Lipinski definition) is 1. The fourth-order valence-corrected chi connectivity index (χ4v) is 3.21. The lowest BCUT2D eigenvalue weighted by atomic mass is 10.2. The smallest absolute Gasteiger partial charge is 0.307 e. The molecule has 0 bridgehead atoms. The molecule has 2 rings (SSSR count). The molecule has 1 amide bonds. The van der Waals surface area contributed by atoms with Crippen LogP contribution in [0.25, 0.3) is 0 Å². The van der Waals surface area contributed by atoms with E-state index in [1.165, 1.54) is 19.6 Å². The Hall–Kier alpha value is -2.18. The molecule has 0 radical (unpaired) electrons. The zero-order valence-corrected chi connectivity index (χ0v) is 17.0. The van der Waals surface area contributed by atoms with Crippen molar-refractivity contribution >= 4 is 40.9 Å². The van der Waals surface area contributed by atoms with Crippen LogP contribution in [0.3, 0.4) is 0 Å². The molecule has 7 heteroatoms. The van der Waals surface area contributed by atoms with E-state index < -0.39 is 18.0 Å². The number of esters is 1. The van der Waals surface area contributed by atoms with E-state index in [2.05, 4.69) is 5.32 Å². The number of amides is 1. The number of benzene rings is 2. The molecule has 2 aromatic carbocycles. The first-order chi connectivity index (χ1) is 12.9. The lowest BCUT2D eigenvalue weighted by Gasteiger charge is -2.15. The molecule has 144 valence electrons. The van der Waals surface area contributed by atoms with Gasteiger partial charge in [0.05, 0.1) is 19.2 Å². The third kappa shape index (κ3) is 6.81. The van der Waals surface area contributed by atoms with E-state index in [0.717, 1.165) is 4.90 Å². The van der Waals surface area contributed by atoms with E-state index in [4.69, 9.17) is 21.1 Å². The van der Waals surface area contributed by atoms with Crippen LogP contribution in [0, 0.1) is 6.92 Å². The molecule has 0 aromatic heterocycles. The van der Waals surface area contributed by atoms with Crippen LogP contribution in [0.5, 0.6) is 5.75 Å². The van der Waals surface area contributed by atoms with Crippen LogP contribution < -0.4 is 10.1 Å². The van der Waals surface area contributed by atoms with Crippen molar-refractivity contribution in [1.82, 2.24) is 0 Å². The highest BCUT2D eigenvalue weighted by Gasteiger charge is 2.19. The van der Waals surface area contributed by atoms with Gasteiger partial charge in [0, 0.05) is 15.7 Å². The van der Waals surface area contributed by atoms with Crippen LogP contribution in [0.4, 0.5) is 5.69 Å². The minimum absolute atomic E-state index is 0.219. The summed E-state index contributed by atoms with van der Waals surface area (Å²) in [5, 5.41) is 3.13. The van der Waals surface area contributed by atoms with Crippen molar-refractivity contribution < 1.29 is 19.1 Å². The van der Waals surface area contributed by atoms with Gasteiger partial charge in [-0.3, -0.25) is 9.59 Å². The van der Waals surface area contributed by atoms with Gasteiger partial charge in [-0.15, -0.1) is 11.8 Å². The monoisotopic (exact) mass is 407 g/mol. The maximum atomic E-state index is 12.3. The number of halogens is 1. The van der Waals surface area contributed by atoms with Gasteiger partial charge in [-0.1, -0.05) is 29.3 Å². The van der Waals surface area contributed by atoms with Gasteiger partial charge < -0.3 is 14.8 Å². The molecule has 0 fully saturated rings. The van der Waals surface area contributed by atoms with E-state index in [1.807, 2.05) is 31.2 Å². The summed E-state index contributed by atoms with van der Waals surface area (Å²) in [5.41, 5.74) is 1.61. The van der Waals surface area contributed by atoms with Gasteiger partial charge in [0.25, 0.3) is 5.91 Å². The Morgan fingerprint density at radius 2 is 1.89 bits per heavy atom. The predicted molar refractivity (Wildman–Crippen MR) is 109 cm³/mol. The van der Waals surface area contributed by atoms with Gasteiger partial charge in [-0.2, -0.15) is 0 Å². The van der Waals surface area contributed by atoms with Crippen LogP contribution in [0.15, 0.2) is 47.4 Å². The van der Waals surface area contributed by atoms with Crippen LogP contribution in [0.1, 0.15) is 18.9 Å². The van der Waals surface area contributed by atoms with E-state index in [9.17, 15) is 9.59 Å². The lowest BCUT2D eigenvalue weighted by Crippen LogP contribution is -2.30. The predicted octanol–water partition coefficient (Wildman–Crippen LogP) is 4.71. The van der Waals surface area contributed by atoms with Crippen molar-refractivity contribution in [3.05, 3.63) is 53.1 Å². The highest BCUT2D eigenvalue weighted by atomic mass is 35.5. The molecular formula is C20H22ClNO4S. The number of thioether (sulfide) groups is 1. The molecule has 0 saturated heterocycles. The summed E-state index contributed by atoms with van der Waals surface area (Å²) in [6, 6.07) is 13.0. The zero-order chi connectivity index (χ0) is 19.8. The molecule has 1 atom stereocenters. The number of methoxy groups -OCH3 is 1. The van der Waals surface area contributed by atoms with Gasteiger partial charge in [-0.25, -0.2) is 0 Å². The largest absolute Gasteiger partial charge is 0.495 e. The first-order valence-corrected chi connectivity index (χ1v) is 9.78.